The minimum atomic E-state index is 0. The predicted molar refractivity (Wildman–Crippen MR) is 135 cm³/mol. The van der Waals surface area contributed by atoms with E-state index in [0.29, 0.717) is 0 Å². The standard InChI is InChI=1S/2C10H20.2C2H6N.2CH3.U/c2*1-6-7(2)9(4)10(5)8(6)3;2*1-3-2;;;/h2*6-10H,1-5H3;2*1-2H3;2*1H3;/q;;4*-1;+4. The molecule has 0 atom stereocenters. The topological polar surface area (TPSA) is 28.2 Å². The Morgan fingerprint density at radius 2 is 0.345 bits per heavy atom. The Labute approximate surface area is 212 Å². The van der Waals surface area contributed by atoms with Gasteiger partial charge in [0.05, 0.1) is 0 Å². The smallest absolute Gasteiger partial charge is 0.668 e. The Morgan fingerprint density at radius 3 is 0.379 bits per heavy atom. The van der Waals surface area contributed by atoms with Gasteiger partial charge in [0.1, 0.15) is 0 Å². The predicted octanol–water partition coefficient (Wildman–Crippen LogP) is 8.50. The second kappa shape index (κ2) is 20.9. The van der Waals surface area contributed by atoms with E-state index in [1.54, 1.807) is 28.2 Å². The minimum Gasteiger partial charge on any atom is -0.668 e. The van der Waals surface area contributed by atoms with Gasteiger partial charge in [-0.1, -0.05) is 69.2 Å². The molecule has 3 heteroatoms. The van der Waals surface area contributed by atoms with Gasteiger partial charge in [0.2, 0.25) is 0 Å². The third-order valence-corrected chi connectivity index (χ3v) is 8.29. The summed E-state index contributed by atoms with van der Waals surface area (Å²) in [4.78, 5) is 0. The van der Waals surface area contributed by atoms with E-state index in [2.05, 4.69) is 79.9 Å². The number of hydrogen-bond acceptors (Lipinski definition) is 0. The maximum Gasteiger partial charge on any atom is 4.00 e. The minimum absolute atomic E-state index is 0. The number of hydrogen-bond donors (Lipinski definition) is 0. The molecule has 2 aliphatic carbocycles. The summed E-state index contributed by atoms with van der Waals surface area (Å²) >= 11 is 0. The second-order valence-electron chi connectivity index (χ2n) is 9.49. The van der Waals surface area contributed by atoms with Crippen molar-refractivity contribution in [2.24, 2.45) is 59.2 Å². The van der Waals surface area contributed by atoms with Crippen LogP contribution in [0.3, 0.4) is 0 Å². The Bertz CT molecular complexity index is 215. The van der Waals surface area contributed by atoms with Gasteiger partial charge in [-0.2, -0.15) is 28.2 Å². The van der Waals surface area contributed by atoms with Crippen molar-refractivity contribution < 1.29 is 31.1 Å². The summed E-state index contributed by atoms with van der Waals surface area (Å²) in [7, 11) is 7.00. The van der Waals surface area contributed by atoms with Crippen LogP contribution in [0.4, 0.5) is 0 Å². The van der Waals surface area contributed by atoms with Gasteiger partial charge in [-0.05, 0) is 59.2 Å². The molecule has 0 spiro atoms. The van der Waals surface area contributed by atoms with Crippen molar-refractivity contribution in [3.05, 3.63) is 25.5 Å². The van der Waals surface area contributed by atoms with Crippen LogP contribution < -0.4 is 0 Å². The molecule has 2 saturated carbocycles. The Hall–Kier alpha value is 0.972. The van der Waals surface area contributed by atoms with Crippen molar-refractivity contribution >= 4 is 0 Å². The molecule has 0 amide bonds. The van der Waals surface area contributed by atoms with Gasteiger partial charge < -0.3 is 25.5 Å². The van der Waals surface area contributed by atoms with E-state index >= 15 is 0 Å². The third kappa shape index (κ3) is 12.6. The van der Waals surface area contributed by atoms with Crippen molar-refractivity contribution in [1.82, 2.24) is 0 Å². The van der Waals surface area contributed by atoms with Gasteiger partial charge in [-0.15, -0.1) is 0 Å². The molecular formula is C26H58N2U. The molecule has 29 heavy (non-hydrogen) atoms. The summed E-state index contributed by atoms with van der Waals surface area (Å²) in [6.07, 6.45) is 0. The van der Waals surface area contributed by atoms with Crippen LogP contribution in [-0.4, -0.2) is 28.2 Å². The van der Waals surface area contributed by atoms with Crippen LogP contribution in [-0.2, 0) is 0 Å². The molecule has 176 valence electrons. The molecule has 0 saturated heterocycles. The van der Waals surface area contributed by atoms with Crippen LogP contribution in [0.2, 0.25) is 0 Å². The molecule has 0 N–H and O–H groups in total. The summed E-state index contributed by atoms with van der Waals surface area (Å²) in [5.74, 6) is 9.35. The third-order valence-electron chi connectivity index (χ3n) is 8.29. The van der Waals surface area contributed by atoms with E-state index < -0.39 is 0 Å². The van der Waals surface area contributed by atoms with E-state index in [4.69, 9.17) is 0 Å². The first kappa shape index (κ1) is 40.3. The fourth-order valence-electron chi connectivity index (χ4n) is 4.79. The molecule has 0 unspecified atom stereocenters. The molecule has 0 aliphatic heterocycles. The SMILES string of the molecule is CC1C(C)C(C)C(C)C1C.CC1C(C)C(C)C(C)C1C.C[N-]C.C[N-]C.[CH3-].[CH3-].[U+4]. The van der Waals surface area contributed by atoms with E-state index in [9.17, 15) is 0 Å². The number of rotatable bonds is 0. The Balaban J connectivity index is -0.0000000965. The summed E-state index contributed by atoms with van der Waals surface area (Å²) in [6, 6.07) is 0. The Morgan fingerprint density at radius 1 is 0.310 bits per heavy atom. The van der Waals surface area contributed by atoms with Crippen molar-refractivity contribution in [3.8, 4) is 0 Å². The maximum absolute atomic E-state index is 3.50. The Kier molecular flexibility index (Phi) is 29.0. The average Bonchev–Trinajstić information content (AvgIpc) is 2.87. The molecule has 2 aliphatic rings. The average molecular weight is 637 g/mol. The molecule has 0 heterocycles. The van der Waals surface area contributed by atoms with Crippen LogP contribution in [0.1, 0.15) is 69.2 Å². The van der Waals surface area contributed by atoms with Gasteiger partial charge in [0.15, 0.2) is 0 Å². The summed E-state index contributed by atoms with van der Waals surface area (Å²) in [5, 5.41) is 7.00. The quantitative estimate of drug-likeness (QED) is 0.239. The molecule has 0 aromatic rings. The monoisotopic (exact) mass is 637 g/mol. The first-order valence-electron chi connectivity index (χ1n) is 10.9. The van der Waals surface area contributed by atoms with Crippen molar-refractivity contribution in [2.45, 2.75) is 69.2 Å². The van der Waals surface area contributed by atoms with Gasteiger partial charge in [0.25, 0.3) is 0 Å². The zero-order chi connectivity index (χ0) is 21.2. The summed E-state index contributed by atoms with van der Waals surface area (Å²) in [6.45, 7) is 24.0. The molecule has 2 nitrogen and oxygen atoms in total. The van der Waals surface area contributed by atoms with Crippen LogP contribution in [0, 0.1) is 105 Å². The van der Waals surface area contributed by atoms with Gasteiger partial charge in [-0.3, -0.25) is 0 Å². The first-order chi connectivity index (χ1) is 11.9. The zero-order valence-corrected chi connectivity index (χ0v) is 27.3. The fraction of sp³-hybridized carbons (Fsp3) is 0.923. The molecule has 0 aromatic carbocycles. The second-order valence-corrected chi connectivity index (χ2v) is 9.49. The maximum atomic E-state index is 3.50. The number of nitrogens with zero attached hydrogens (tertiary/aromatic N) is 2. The van der Waals surface area contributed by atoms with Crippen LogP contribution in [0.5, 0.6) is 0 Å². The van der Waals surface area contributed by atoms with Crippen LogP contribution in [0.15, 0.2) is 0 Å². The molecular weight excluding hydrogens is 578 g/mol. The largest absolute Gasteiger partial charge is 4.00 e. The zero-order valence-electron chi connectivity index (χ0n) is 23.2. The van der Waals surface area contributed by atoms with E-state index in [1.807, 2.05) is 0 Å². The molecule has 0 bridgehead atoms. The van der Waals surface area contributed by atoms with Gasteiger partial charge in [-0.25, -0.2) is 0 Å². The fourth-order valence-corrected chi connectivity index (χ4v) is 4.79. The van der Waals surface area contributed by atoms with Gasteiger partial charge >= 0.3 is 31.1 Å². The molecule has 2 fully saturated rings. The van der Waals surface area contributed by atoms with E-state index in [1.165, 1.54) is 0 Å². The van der Waals surface area contributed by atoms with Crippen molar-refractivity contribution in [1.29, 1.82) is 0 Å². The van der Waals surface area contributed by atoms with Crippen molar-refractivity contribution in [3.63, 3.8) is 0 Å². The van der Waals surface area contributed by atoms with E-state index in [-0.39, 0.29) is 46.0 Å². The van der Waals surface area contributed by atoms with Crippen LogP contribution in [0.25, 0.3) is 10.6 Å². The molecule has 2 rings (SSSR count). The van der Waals surface area contributed by atoms with E-state index in [0.717, 1.165) is 59.2 Å². The molecule has 0 aromatic heterocycles. The van der Waals surface area contributed by atoms with Crippen molar-refractivity contribution in [2.75, 3.05) is 28.2 Å². The normalized spacial score (nSPS) is 39.5. The summed E-state index contributed by atoms with van der Waals surface area (Å²) < 4.78 is 0. The summed E-state index contributed by atoms with van der Waals surface area (Å²) in [5.41, 5.74) is 0. The van der Waals surface area contributed by atoms with Crippen LogP contribution >= 0.6 is 0 Å². The first-order valence-corrected chi connectivity index (χ1v) is 10.9. The molecule has 0 radical (unpaired) electrons. The van der Waals surface area contributed by atoms with Gasteiger partial charge in [0, 0.05) is 0 Å².